The van der Waals surface area contributed by atoms with Crippen molar-refractivity contribution in [2.75, 3.05) is 27.3 Å². The Morgan fingerprint density at radius 2 is 2.07 bits per heavy atom. The van der Waals surface area contributed by atoms with E-state index in [1.54, 1.807) is 50.6 Å². The molecule has 6 heteroatoms. The number of piperidine rings is 1. The van der Waals surface area contributed by atoms with E-state index in [0.29, 0.717) is 46.4 Å². The van der Waals surface area contributed by atoms with Gasteiger partial charge in [-0.3, -0.25) is 9.69 Å². The number of nitrogens with zero attached hydrogens (tertiary/aromatic N) is 1. The maximum Gasteiger partial charge on any atom is 0.231 e. The summed E-state index contributed by atoms with van der Waals surface area (Å²) < 4.78 is 16.7. The first-order valence-corrected chi connectivity index (χ1v) is 10.2. The lowest BCUT2D eigenvalue weighted by Gasteiger charge is -2.31. The number of hydrogen-bond acceptors (Lipinski definition) is 6. The molecule has 4 rings (SSSR count). The average molecular weight is 409 g/mol. The van der Waals surface area contributed by atoms with Gasteiger partial charge >= 0.3 is 0 Å². The Hall–Kier alpha value is -2.99. The molecule has 1 atom stereocenters. The zero-order valence-electron chi connectivity index (χ0n) is 17.6. The van der Waals surface area contributed by atoms with Crippen LogP contribution in [0.4, 0.5) is 0 Å². The highest BCUT2D eigenvalue weighted by molar-refractivity contribution is 6.15. The third-order valence-corrected chi connectivity index (χ3v) is 5.76. The summed E-state index contributed by atoms with van der Waals surface area (Å²) in [4.78, 5) is 15.3. The molecule has 158 valence electrons. The van der Waals surface area contributed by atoms with Gasteiger partial charge in [-0.25, -0.2) is 0 Å². The summed E-state index contributed by atoms with van der Waals surface area (Å²) in [5.74, 6) is 2.49. The van der Waals surface area contributed by atoms with Gasteiger partial charge in [0.2, 0.25) is 5.78 Å². The minimum atomic E-state index is -0.205. The summed E-state index contributed by atoms with van der Waals surface area (Å²) in [6.45, 7) is 4.75. The number of methoxy groups -OCH3 is 2. The lowest BCUT2D eigenvalue weighted by Crippen LogP contribution is -2.33. The van der Waals surface area contributed by atoms with Crippen molar-refractivity contribution >= 4 is 11.9 Å². The molecule has 0 radical (unpaired) electrons. The number of ether oxygens (including phenoxy) is 3. The molecule has 1 saturated heterocycles. The summed E-state index contributed by atoms with van der Waals surface area (Å²) in [7, 11) is 3.16. The smallest absolute Gasteiger partial charge is 0.231 e. The van der Waals surface area contributed by atoms with E-state index in [1.165, 1.54) is 6.42 Å². The van der Waals surface area contributed by atoms with E-state index in [4.69, 9.17) is 14.2 Å². The van der Waals surface area contributed by atoms with Gasteiger partial charge in [-0.15, -0.1) is 0 Å². The topological polar surface area (TPSA) is 68.2 Å². The number of aromatic hydroxyl groups is 1. The predicted molar refractivity (Wildman–Crippen MR) is 114 cm³/mol. The van der Waals surface area contributed by atoms with Gasteiger partial charge in [0.05, 0.1) is 25.3 Å². The quantitative estimate of drug-likeness (QED) is 0.745. The third-order valence-electron chi connectivity index (χ3n) is 5.76. The molecule has 0 spiro atoms. The van der Waals surface area contributed by atoms with Gasteiger partial charge in [0.1, 0.15) is 23.0 Å². The standard InChI is InChI=1S/C24H27NO5/c1-15-5-4-10-25(13-15)14-19-20(26)8-7-18-23(27)22(30-24(18)19)12-16-11-17(28-2)6-9-21(16)29-3/h6-9,11-12,15,26H,4-5,10,13-14H2,1-3H3/t15-/m1/s1. The van der Waals surface area contributed by atoms with Crippen LogP contribution in [0.2, 0.25) is 0 Å². The van der Waals surface area contributed by atoms with Crippen molar-refractivity contribution in [3.63, 3.8) is 0 Å². The largest absolute Gasteiger partial charge is 0.507 e. The van der Waals surface area contributed by atoms with Crippen LogP contribution < -0.4 is 14.2 Å². The van der Waals surface area contributed by atoms with E-state index in [9.17, 15) is 9.90 Å². The van der Waals surface area contributed by atoms with Crippen molar-refractivity contribution in [1.29, 1.82) is 0 Å². The van der Waals surface area contributed by atoms with Gasteiger partial charge in [0.25, 0.3) is 0 Å². The van der Waals surface area contributed by atoms with Crippen LogP contribution in [0.15, 0.2) is 36.1 Å². The van der Waals surface area contributed by atoms with Crippen molar-refractivity contribution in [3.8, 4) is 23.0 Å². The number of Topliss-reactive ketones (excluding diaryl/α,β-unsaturated/α-hetero) is 1. The van der Waals surface area contributed by atoms with Crippen LogP contribution in [-0.4, -0.2) is 43.1 Å². The highest BCUT2D eigenvalue weighted by Gasteiger charge is 2.32. The molecule has 2 aromatic carbocycles. The molecule has 0 aliphatic carbocycles. The van der Waals surface area contributed by atoms with E-state index < -0.39 is 0 Å². The Kier molecular flexibility index (Phi) is 5.68. The maximum absolute atomic E-state index is 13.0. The molecule has 2 heterocycles. The monoisotopic (exact) mass is 409 g/mol. The number of carbonyl (C=O) groups is 1. The SMILES string of the molecule is COc1ccc(OC)c(C=C2Oc3c(ccc(O)c3CN3CCC[C@@H](C)C3)C2=O)c1. The van der Waals surface area contributed by atoms with Crippen molar-refractivity contribution < 1.29 is 24.1 Å². The Labute approximate surface area is 176 Å². The molecule has 2 aromatic rings. The molecule has 2 aliphatic heterocycles. The van der Waals surface area contributed by atoms with E-state index in [2.05, 4.69) is 11.8 Å². The van der Waals surface area contributed by atoms with Gasteiger partial charge in [-0.05, 0) is 61.7 Å². The normalized spacial score (nSPS) is 20.2. The Bertz CT molecular complexity index is 997. The third kappa shape index (κ3) is 3.87. The fourth-order valence-corrected chi connectivity index (χ4v) is 4.20. The van der Waals surface area contributed by atoms with Crippen molar-refractivity contribution in [2.45, 2.75) is 26.3 Å². The van der Waals surface area contributed by atoms with Gasteiger partial charge < -0.3 is 19.3 Å². The summed E-state index contributed by atoms with van der Waals surface area (Å²) >= 11 is 0. The second-order valence-electron chi connectivity index (χ2n) is 7.97. The number of ketones is 1. The summed E-state index contributed by atoms with van der Waals surface area (Å²) in [5, 5.41) is 10.5. The fraction of sp³-hybridized carbons (Fsp3) is 0.375. The molecule has 1 N–H and O–H groups in total. The fourth-order valence-electron chi connectivity index (χ4n) is 4.20. The predicted octanol–water partition coefficient (Wildman–Crippen LogP) is 4.26. The number of benzene rings is 2. The zero-order chi connectivity index (χ0) is 21.3. The number of phenolic OH excluding ortho intramolecular Hbond substituents is 1. The van der Waals surface area contributed by atoms with Crippen LogP contribution in [0.1, 0.15) is 41.3 Å². The number of fused-ring (bicyclic) bond motifs is 1. The van der Waals surface area contributed by atoms with Gasteiger partial charge in [-0.2, -0.15) is 0 Å². The Balaban J connectivity index is 1.67. The minimum Gasteiger partial charge on any atom is -0.507 e. The summed E-state index contributed by atoms with van der Waals surface area (Å²) in [5.41, 5.74) is 1.82. The van der Waals surface area contributed by atoms with E-state index in [-0.39, 0.29) is 17.3 Å². The first-order valence-electron chi connectivity index (χ1n) is 10.2. The molecule has 6 nitrogen and oxygen atoms in total. The maximum atomic E-state index is 13.0. The average Bonchev–Trinajstić information content (AvgIpc) is 3.06. The van der Waals surface area contributed by atoms with E-state index in [1.807, 2.05) is 0 Å². The molecule has 1 fully saturated rings. The number of carbonyl (C=O) groups excluding carboxylic acids is 1. The van der Waals surface area contributed by atoms with Gasteiger partial charge in [-0.1, -0.05) is 6.92 Å². The van der Waals surface area contributed by atoms with Crippen LogP contribution in [0.5, 0.6) is 23.0 Å². The molecular weight excluding hydrogens is 382 g/mol. The molecule has 0 aromatic heterocycles. The summed E-state index contributed by atoms with van der Waals surface area (Å²) in [6.07, 6.45) is 4.02. The second kappa shape index (κ2) is 8.40. The van der Waals surface area contributed by atoms with E-state index in [0.717, 1.165) is 19.5 Å². The molecule has 0 unspecified atom stereocenters. The molecule has 0 amide bonds. The Morgan fingerprint density at radius 1 is 1.23 bits per heavy atom. The van der Waals surface area contributed by atoms with Crippen molar-refractivity contribution in [3.05, 3.63) is 52.8 Å². The molecule has 2 aliphatic rings. The highest BCUT2D eigenvalue weighted by atomic mass is 16.5. The van der Waals surface area contributed by atoms with E-state index >= 15 is 0 Å². The Morgan fingerprint density at radius 3 is 2.80 bits per heavy atom. The first kappa shape index (κ1) is 20.3. The number of hydrogen-bond donors (Lipinski definition) is 1. The van der Waals surface area contributed by atoms with Crippen molar-refractivity contribution in [2.24, 2.45) is 5.92 Å². The number of allylic oxidation sites excluding steroid dienone is 1. The number of likely N-dealkylation sites (tertiary alicyclic amines) is 1. The lowest BCUT2D eigenvalue weighted by molar-refractivity contribution is 0.101. The van der Waals surface area contributed by atoms with Crippen LogP contribution in [0, 0.1) is 5.92 Å². The first-order chi connectivity index (χ1) is 14.5. The molecular formula is C24H27NO5. The van der Waals surface area contributed by atoms with Crippen molar-refractivity contribution in [1.82, 2.24) is 4.90 Å². The number of phenols is 1. The van der Waals surface area contributed by atoms with Crippen LogP contribution in [0.3, 0.4) is 0 Å². The zero-order valence-corrected chi connectivity index (χ0v) is 17.6. The van der Waals surface area contributed by atoms with Gasteiger partial charge in [0.15, 0.2) is 5.76 Å². The van der Waals surface area contributed by atoms with Gasteiger partial charge in [0, 0.05) is 18.7 Å². The van der Waals surface area contributed by atoms with Crippen LogP contribution in [-0.2, 0) is 6.54 Å². The highest BCUT2D eigenvalue weighted by Crippen LogP contribution is 2.41. The molecule has 30 heavy (non-hydrogen) atoms. The minimum absolute atomic E-state index is 0.153. The number of rotatable bonds is 5. The summed E-state index contributed by atoms with van der Waals surface area (Å²) in [6, 6.07) is 8.57. The molecule has 0 saturated carbocycles. The molecule has 0 bridgehead atoms. The van der Waals surface area contributed by atoms with Crippen LogP contribution >= 0.6 is 0 Å². The van der Waals surface area contributed by atoms with Crippen LogP contribution in [0.25, 0.3) is 6.08 Å². The second-order valence-corrected chi connectivity index (χ2v) is 7.97. The lowest BCUT2D eigenvalue weighted by atomic mass is 9.99.